The molecule has 1 aliphatic carbocycles. The number of rotatable bonds is 4. The van der Waals surface area contributed by atoms with Crippen molar-refractivity contribution in [2.24, 2.45) is 17.8 Å². The zero-order valence-corrected chi connectivity index (χ0v) is 15.9. The van der Waals surface area contributed by atoms with Crippen LogP contribution in [0.25, 0.3) is 11.1 Å². The minimum absolute atomic E-state index is 0.162. The smallest absolute Gasteiger partial charge is 0.224 e. The largest absolute Gasteiger partial charge is 0.377 e. The molecule has 0 aromatic carbocycles. The Labute approximate surface area is 159 Å². The number of fused-ring (bicyclic) bond motifs is 2. The van der Waals surface area contributed by atoms with Gasteiger partial charge >= 0.3 is 0 Å². The predicted octanol–water partition coefficient (Wildman–Crippen LogP) is 1.95. The van der Waals surface area contributed by atoms with Gasteiger partial charge in [-0.2, -0.15) is 0 Å². The van der Waals surface area contributed by atoms with Crippen LogP contribution in [0.2, 0.25) is 0 Å². The summed E-state index contributed by atoms with van der Waals surface area (Å²) in [6.07, 6.45) is 5.02. The van der Waals surface area contributed by atoms with Crippen LogP contribution in [0.1, 0.15) is 31.8 Å². The van der Waals surface area contributed by atoms with Crippen molar-refractivity contribution in [1.29, 1.82) is 0 Å². The van der Waals surface area contributed by atoms with E-state index in [4.69, 9.17) is 9.72 Å². The van der Waals surface area contributed by atoms with E-state index in [0.29, 0.717) is 18.4 Å². The van der Waals surface area contributed by atoms with E-state index in [1.807, 2.05) is 32.2 Å². The molecule has 2 N–H and O–H groups in total. The molecule has 1 saturated heterocycles. The second kappa shape index (κ2) is 6.17. The quantitative estimate of drug-likeness (QED) is 0.868. The lowest BCUT2D eigenvalue weighted by Crippen LogP contribution is -2.44. The predicted molar refractivity (Wildman–Crippen MR) is 103 cm³/mol. The average molecular weight is 366 g/mol. The van der Waals surface area contributed by atoms with Gasteiger partial charge in [-0.25, -0.2) is 4.98 Å². The molecule has 0 radical (unpaired) electrons. The van der Waals surface area contributed by atoms with Crippen molar-refractivity contribution in [3.05, 3.63) is 42.0 Å². The molecule has 2 aromatic rings. The highest BCUT2D eigenvalue weighted by Crippen LogP contribution is 2.49. The minimum Gasteiger partial charge on any atom is -0.377 e. The number of carbonyl (C=O) groups is 1. The lowest BCUT2D eigenvalue weighted by molar-refractivity contribution is -0.124. The van der Waals surface area contributed by atoms with E-state index in [1.165, 1.54) is 5.57 Å². The van der Waals surface area contributed by atoms with E-state index in [2.05, 4.69) is 27.2 Å². The van der Waals surface area contributed by atoms with Gasteiger partial charge in [0, 0.05) is 12.1 Å². The maximum absolute atomic E-state index is 12.8. The van der Waals surface area contributed by atoms with Crippen molar-refractivity contribution in [3.8, 4) is 0 Å². The van der Waals surface area contributed by atoms with Crippen LogP contribution in [0.15, 0.2) is 30.5 Å². The maximum atomic E-state index is 12.8. The molecule has 2 aliphatic heterocycles. The molecule has 1 saturated carbocycles. The Kier molecular flexibility index (Phi) is 3.88. The fourth-order valence-electron chi connectivity index (χ4n) is 4.71. The van der Waals surface area contributed by atoms with E-state index >= 15 is 0 Å². The summed E-state index contributed by atoms with van der Waals surface area (Å²) in [7, 11) is 0. The van der Waals surface area contributed by atoms with Gasteiger partial charge in [-0.1, -0.05) is 12.1 Å². The van der Waals surface area contributed by atoms with Crippen LogP contribution in [-0.4, -0.2) is 41.6 Å². The zero-order valence-electron chi connectivity index (χ0n) is 15.9. The molecule has 0 spiro atoms. The number of piperidine rings is 1. The third-order valence-electron chi connectivity index (χ3n) is 6.21. The first kappa shape index (κ1) is 17.0. The van der Waals surface area contributed by atoms with Crippen molar-refractivity contribution >= 4 is 17.0 Å². The van der Waals surface area contributed by atoms with Gasteiger partial charge in [-0.3, -0.25) is 4.79 Å². The van der Waals surface area contributed by atoms with Crippen molar-refractivity contribution in [1.82, 2.24) is 20.0 Å². The Bertz CT molecular complexity index is 919. The van der Waals surface area contributed by atoms with Crippen LogP contribution in [0.5, 0.6) is 0 Å². The Balaban J connectivity index is 1.48. The van der Waals surface area contributed by atoms with Crippen molar-refractivity contribution < 1.29 is 9.53 Å². The highest BCUT2D eigenvalue weighted by molar-refractivity contribution is 5.83. The number of nitrogens with one attached hydrogen (secondary N) is 2. The lowest BCUT2D eigenvalue weighted by Gasteiger charge is -2.25. The number of aromatic nitrogens is 2. The maximum Gasteiger partial charge on any atom is 0.224 e. The van der Waals surface area contributed by atoms with Gasteiger partial charge in [0.25, 0.3) is 0 Å². The second-order valence-corrected chi connectivity index (χ2v) is 8.42. The van der Waals surface area contributed by atoms with Crippen LogP contribution in [-0.2, 0) is 15.1 Å². The second-order valence-electron chi connectivity index (χ2n) is 8.42. The Morgan fingerprint density at radius 3 is 2.89 bits per heavy atom. The van der Waals surface area contributed by atoms with Crippen LogP contribution >= 0.6 is 0 Å². The molecular formula is C21H26N4O2. The third-order valence-corrected chi connectivity index (χ3v) is 6.21. The van der Waals surface area contributed by atoms with E-state index in [-0.39, 0.29) is 11.8 Å². The molecule has 2 aromatic heterocycles. The van der Waals surface area contributed by atoms with Crippen LogP contribution in [0.4, 0.5) is 0 Å². The molecule has 27 heavy (non-hydrogen) atoms. The van der Waals surface area contributed by atoms with Gasteiger partial charge in [0.2, 0.25) is 5.91 Å². The van der Waals surface area contributed by atoms with Gasteiger partial charge in [-0.15, -0.1) is 0 Å². The number of nitrogens with zero attached hydrogens (tertiary/aromatic N) is 2. The number of amides is 1. The molecule has 6 heteroatoms. The molecule has 5 rings (SSSR count). The van der Waals surface area contributed by atoms with Gasteiger partial charge in [0.15, 0.2) is 0 Å². The SMILES string of the molecule is CC(C)(NC(=O)C1[C@H]2CNC[C@@H]12)c1nc(C2=CCOCC2)c2ccccn12. The summed E-state index contributed by atoms with van der Waals surface area (Å²) in [6.45, 7) is 7.39. The fourth-order valence-corrected chi connectivity index (χ4v) is 4.71. The summed E-state index contributed by atoms with van der Waals surface area (Å²) in [5.41, 5.74) is 2.76. The number of imidazole rings is 1. The number of hydrogen-bond donors (Lipinski definition) is 2. The number of carbonyl (C=O) groups excluding carboxylic acids is 1. The average Bonchev–Trinajstić information content (AvgIpc) is 3.01. The molecule has 2 fully saturated rings. The lowest BCUT2D eigenvalue weighted by atomic mass is 10.0. The third kappa shape index (κ3) is 2.78. The molecule has 4 heterocycles. The molecule has 1 unspecified atom stereocenters. The first-order valence-corrected chi connectivity index (χ1v) is 9.84. The number of ether oxygens (including phenoxy) is 1. The monoisotopic (exact) mass is 366 g/mol. The molecule has 3 atom stereocenters. The highest BCUT2D eigenvalue weighted by Gasteiger charge is 2.57. The minimum atomic E-state index is -0.546. The topological polar surface area (TPSA) is 67.7 Å². The first-order chi connectivity index (χ1) is 13.1. The summed E-state index contributed by atoms with van der Waals surface area (Å²) < 4.78 is 7.57. The summed E-state index contributed by atoms with van der Waals surface area (Å²) in [5.74, 6) is 2.23. The van der Waals surface area contributed by atoms with Gasteiger partial charge in [0.1, 0.15) is 5.82 Å². The number of hydrogen-bond acceptors (Lipinski definition) is 4. The van der Waals surface area contributed by atoms with Crippen molar-refractivity contribution in [3.63, 3.8) is 0 Å². The van der Waals surface area contributed by atoms with Crippen molar-refractivity contribution in [2.45, 2.75) is 25.8 Å². The molecule has 1 amide bonds. The normalized spacial score (nSPS) is 27.3. The Morgan fingerprint density at radius 1 is 1.33 bits per heavy atom. The fraction of sp³-hybridized carbons (Fsp3) is 0.524. The van der Waals surface area contributed by atoms with E-state index in [1.54, 1.807) is 0 Å². The molecule has 3 aliphatic rings. The Hall–Kier alpha value is -2.18. The van der Waals surface area contributed by atoms with Crippen LogP contribution < -0.4 is 10.6 Å². The van der Waals surface area contributed by atoms with E-state index in [0.717, 1.165) is 43.2 Å². The zero-order chi connectivity index (χ0) is 18.6. The van der Waals surface area contributed by atoms with Gasteiger partial charge in [0.05, 0.1) is 30.0 Å². The first-order valence-electron chi connectivity index (χ1n) is 9.84. The molecule has 142 valence electrons. The summed E-state index contributed by atoms with van der Waals surface area (Å²) >= 11 is 0. The molecule has 6 nitrogen and oxygen atoms in total. The van der Waals surface area contributed by atoms with Gasteiger partial charge in [-0.05, 0) is 62.9 Å². The van der Waals surface area contributed by atoms with Crippen LogP contribution in [0.3, 0.4) is 0 Å². The van der Waals surface area contributed by atoms with E-state index < -0.39 is 5.54 Å². The molecule has 0 bridgehead atoms. The van der Waals surface area contributed by atoms with Crippen molar-refractivity contribution in [2.75, 3.05) is 26.3 Å². The summed E-state index contributed by atoms with van der Waals surface area (Å²) in [5, 5.41) is 6.63. The highest BCUT2D eigenvalue weighted by atomic mass is 16.5. The standard InChI is InChI=1S/C21H26N4O2/c1-21(2,24-19(26)17-14-11-22-12-15(14)17)20-23-18(13-6-9-27-10-7-13)16-5-3-4-8-25(16)20/h3-6,8,14-15,17,22H,7,9-12H2,1-2H3,(H,24,26)/t14-,15+,17?. The van der Waals surface area contributed by atoms with Gasteiger partial charge < -0.3 is 19.8 Å². The summed E-state index contributed by atoms with van der Waals surface area (Å²) in [4.78, 5) is 17.9. The Morgan fingerprint density at radius 2 is 2.15 bits per heavy atom. The summed E-state index contributed by atoms with van der Waals surface area (Å²) in [6, 6.07) is 6.14. The number of pyridine rings is 1. The van der Waals surface area contributed by atoms with E-state index in [9.17, 15) is 4.79 Å². The van der Waals surface area contributed by atoms with Crippen LogP contribution in [0, 0.1) is 17.8 Å². The molecular weight excluding hydrogens is 340 g/mol.